The van der Waals surface area contributed by atoms with Crippen LogP contribution in [0.15, 0.2) is 56.7 Å². The van der Waals surface area contributed by atoms with Gasteiger partial charge in [0.25, 0.3) is 0 Å². The first-order valence-corrected chi connectivity index (χ1v) is 12.9. The summed E-state index contributed by atoms with van der Waals surface area (Å²) in [6.07, 6.45) is 4.35. The summed E-state index contributed by atoms with van der Waals surface area (Å²) in [5.74, 6) is 0. The zero-order chi connectivity index (χ0) is 19.4. The molecule has 8 heteroatoms. The van der Waals surface area contributed by atoms with Gasteiger partial charge in [0, 0.05) is 16.8 Å². The van der Waals surface area contributed by atoms with Crippen LogP contribution in [0.2, 0.25) is 0 Å². The molecule has 144 valence electrons. The highest BCUT2D eigenvalue weighted by atomic mass is 79.9. The number of benzene rings is 2. The number of sulfone groups is 1. The molecule has 2 aromatic carbocycles. The van der Waals surface area contributed by atoms with Crippen LogP contribution in [-0.4, -0.2) is 33.4 Å². The van der Waals surface area contributed by atoms with Gasteiger partial charge in [-0.25, -0.2) is 16.8 Å². The van der Waals surface area contributed by atoms with Gasteiger partial charge in [0.15, 0.2) is 9.84 Å². The van der Waals surface area contributed by atoms with Gasteiger partial charge < -0.3 is 0 Å². The molecule has 0 amide bonds. The molecule has 0 bridgehead atoms. The molecule has 1 unspecified atom stereocenters. The molecule has 0 N–H and O–H groups in total. The molecule has 1 atom stereocenters. The molecule has 4 rings (SSSR count). The monoisotopic (exact) mass is 469 g/mol. The van der Waals surface area contributed by atoms with Crippen molar-refractivity contribution in [2.24, 2.45) is 0 Å². The molecule has 0 radical (unpaired) electrons. The first-order valence-electron chi connectivity index (χ1n) is 8.80. The van der Waals surface area contributed by atoms with Crippen molar-refractivity contribution in [3.8, 4) is 0 Å². The first kappa shape index (κ1) is 19.1. The van der Waals surface area contributed by atoms with Crippen molar-refractivity contribution in [1.82, 2.24) is 4.31 Å². The Labute approximate surface area is 168 Å². The van der Waals surface area contributed by atoms with Gasteiger partial charge in [-0.3, -0.25) is 0 Å². The molecule has 2 aliphatic carbocycles. The number of hydrogen-bond donors (Lipinski definition) is 0. The van der Waals surface area contributed by atoms with Crippen molar-refractivity contribution in [2.45, 2.75) is 47.6 Å². The molecule has 0 saturated heterocycles. The normalized spacial score (nSPS) is 20.0. The van der Waals surface area contributed by atoms with Crippen LogP contribution in [-0.2, 0) is 26.3 Å². The van der Waals surface area contributed by atoms with Crippen LogP contribution >= 0.6 is 15.9 Å². The second-order valence-corrected chi connectivity index (χ2v) is 11.9. The van der Waals surface area contributed by atoms with Crippen LogP contribution < -0.4 is 0 Å². The van der Waals surface area contributed by atoms with Crippen LogP contribution in [0.3, 0.4) is 0 Å². The van der Waals surface area contributed by atoms with Crippen LogP contribution in [0.1, 0.15) is 36.4 Å². The Morgan fingerprint density at radius 3 is 2.37 bits per heavy atom. The summed E-state index contributed by atoms with van der Waals surface area (Å²) in [4.78, 5) is 0.0218. The van der Waals surface area contributed by atoms with Crippen LogP contribution in [0.4, 0.5) is 0 Å². The van der Waals surface area contributed by atoms with E-state index in [0.29, 0.717) is 4.47 Å². The maximum atomic E-state index is 13.6. The van der Waals surface area contributed by atoms with Gasteiger partial charge in [-0.05, 0) is 70.9 Å². The van der Waals surface area contributed by atoms with E-state index < -0.39 is 19.9 Å². The molecule has 2 aliphatic rings. The minimum Gasteiger partial charge on any atom is -0.224 e. The topological polar surface area (TPSA) is 71.5 Å². The highest BCUT2D eigenvalue weighted by Gasteiger charge is 2.45. The van der Waals surface area contributed by atoms with E-state index in [1.807, 2.05) is 24.3 Å². The smallest absolute Gasteiger partial charge is 0.224 e. The fourth-order valence-corrected chi connectivity index (χ4v) is 7.33. The van der Waals surface area contributed by atoms with Crippen LogP contribution in [0.5, 0.6) is 0 Å². The Bertz CT molecular complexity index is 1110. The number of aryl methyl sites for hydroxylation is 1. The van der Waals surface area contributed by atoms with Gasteiger partial charge in [-0.15, -0.1) is 0 Å². The fraction of sp³-hybridized carbons (Fsp3) is 0.368. The van der Waals surface area contributed by atoms with Gasteiger partial charge in [0.1, 0.15) is 0 Å². The molecule has 2 aromatic rings. The Morgan fingerprint density at radius 1 is 1.00 bits per heavy atom. The molecule has 0 heterocycles. The van der Waals surface area contributed by atoms with E-state index >= 15 is 0 Å². The molecular weight excluding hydrogens is 450 g/mol. The van der Waals surface area contributed by atoms with Gasteiger partial charge in [-0.1, -0.05) is 24.3 Å². The Kier molecular flexibility index (Phi) is 4.73. The summed E-state index contributed by atoms with van der Waals surface area (Å²) >= 11 is 3.31. The SMILES string of the molecule is CS(=O)(=O)c1ccc(Br)c(S(=O)(=O)N(C2CC2)C2CCc3ccccc32)c1. The quantitative estimate of drug-likeness (QED) is 0.669. The summed E-state index contributed by atoms with van der Waals surface area (Å²) < 4.78 is 53.1. The molecule has 0 spiro atoms. The number of sulfonamides is 1. The minimum atomic E-state index is -3.86. The summed E-state index contributed by atoms with van der Waals surface area (Å²) in [5.41, 5.74) is 2.25. The van der Waals surface area contributed by atoms with Crippen LogP contribution in [0.25, 0.3) is 0 Å². The first-order chi connectivity index (χ1) is 12.7. The lowest BCUT2D eigenvalue weighted by Crippen LogP contribution is -2.36. The minimum absolute atomic E-state index is 0.00634. The third-order valence-electron chi connectivity index (χ3n) is 5.20. The average Bonchev–Trinajstić information content (AvgIpc) is 3.34. The van der Waals surface area contributed by atoms with Crippen molar-refractivity contribution in [3.63, 3.8) is 0 Å². The van der Waals surface area contributed by atoms with E-state index in [1.165, 1.54) is 23.8 Å². The predicted molar refractivity (Wildman–Crippen MR) is 107 cm³/mol. The third-order valence-corrected chi connectivity index (χ3v) is 9.27. The number of rotatable bonds is 5. The Hall–Kier alpha value is -1.22. The van der Waals surface area contributed by atoms with E-state index in [9.17, 15) is 16.8 Å². The largest absolute Gasteiger partial charge is 0.245 e. The van der Waals surface area contributed by atoms with E-state index in [1.54, 1.807) is 4.31 Å². The predicted octanol–water partition coefficient (Wildman–Crippen LogP) is 3.69. The Morgan fingerprint density at radius 2 is 1.70 bits per heavy atom. The van der Waals surface area contributed by atoms with Gasteiger partial charge >= 0.3 is 0 Å². The summed E-state index contributed by atoms with van der Waals surface area (Å²) in [6.45, 7) is 0. The maximum absolute atomic E-state index is 13.6. The lowest BCUT2D eigenvalue weighted by molar-refractivity contribution is 0.314. The number of fused-ring (bicyclic) bond motifs is 1. The number of halogens is 1. The average molecular weight is 470 g/mol. The molecule has 1 fully saturated rings. The van der Waals surface area contributed by atoms with E-state index in [4.69, 9.17) is 0 Å². The molecular formula is C19H20BrNO4S2. The summed E-state index contributed by atoms with van der Waals surface area (Å²) in [5, 5.41) is 0. The molecule has 27 heavy (non-hydrogen) atoms. The van der Waals surface area contributed by atoms with Gasteiger partial charge in [-0.2, -0.15) is 4.31 Å². The van der Waals surface area contributed by atoms with E-state index in [0.717, 1.165) is 37.5 Å². The highest BCUT2D eigenvalue weighted by molar-refractivity contribution is 9.10. The number of hydrogen-bond acceptors (Lipinski definition) is 4. The zero-order valence-corrected chi connectivity index (χ0v) is 18.0. The lowest BCUT2D eigenvalue weighted by atomic mass is 10.1. The maximum Gasteiger partial charge on any atom is 0.245 e. The van der Waals surface area contributed by atoms with Gasteiger partial charge in [0.05, 0.1) is 15.8 Å². The number of nitrogens with zero attached hydrogens (tertiary/aromatic N) is 1. The molecule has 0 aliphatic heterocycles. The summed E-state index contributed by atoms with van der Waals surface area (Å²) in [6, 6.07) is 11.9. The Balaban J connectivity index is 1.83. The molecule has 5 nitrogen and oxygen atoms in total. The second kappa shape index (κ2) is 6.69. The lowest BCUT2D eigenvalue weighted by Gasteiger charge is -2.29. The zero-order valence-electron chi connectivity index (χ0n) is 14.8. The van der Waals surface area contributed by atoms with Crippen molar-refractivity contribution in [3.05, 3.63) is 58.1 Å². The third kappa shape index (κ3) is 3.48. The van der Waals surface area contributed by atoms with E-state index in [2.05, 4.69) is 15.9 Å². The molecule has 1 saturated carbocycles. The van der Waals surface area contributed by atoms with Gasteiger partial charge in [0.2, 0.25) is 10.0 Å². The van der Waals surface area contributed by atoms with Crippen molar-refractivity contribution in [2.75, 3.05) is 6.26 Å². The highest BCUT2D eigenvalue weighted by Crippen LogP contribution is 2.45. The van der Waals surface area contributed by atoms with Crippen molar-refractivity contribution < 1.29 is 16.8 Å². The van der Waals surface area contributed by atoms with Crippen molar-refractivity contribution >= 4 is 35.8 Å². The van der Waals surface area contributed by atoms with E-state index in [-0.39, 0.29) is 21.9 Å². The standard InChI is InChI=1S/C19H20BrNO4S2/c1-26(22,23)15-9-10-17(20)19(12-15)27(24,25)21(14-7-8-14)18-11-6-13-4-2-3-5-16(13)18/h2-5,9-10,12,14,18H,6-8,11H2,1H3. The fourth-order valence-electron chi connectivity index (χ4n) is 3.77. The van der Waals surface area contributed by atoms with Crippen LogP contribution in [0, 0.1) is 0 Å². The van der Waals surface area contributed by atoms with Crippen molar-refractivity contribution in [1.29, 1.82) is 0 Å². The summed E-state index contributed by atoms with van der Waals surface area (Å²) in [7, 11) is -7.36. The molecule has 0 aromatic heterocycles. The second-order valence-electron chi connectivity index (χ2n) is 7.18.